The third-order valence-electron chi connectivity index (χ3n) is 8.88. The van der Waals surface area contributed by atoms with Crippen LogP contribution in [0.15, 0.2) is 72.0 Å². The van der Waals surface area contributed by atoms with E-state index in [0.29, 0.717) is 30.6 Å². The molecule has 2 heterocycles. The monoisotopic (exact) mass is 518 g/mol. The van der Waals surface area contributed by atoms with Crippen molar-refractivity contribution in [2.75, 3.05) is 0 Å². The minimum atomic E-state index is -4.32. The second-order valence-corrected chi connectivity index (χ2v) is 11.0. The zero-order valence-corrected chi connectivity index (χ0v) is 20.8. The van der Waals surface area contributed by atoms with E-state index in [0.717, 1.165) is 28.0 Å². The van der Waals surface area contributed by atoms with E-state index in [1.54, 1.807) is 12.1 Å². The van der Waals surface area contributed by atoms with Gasteiger partial charge in [0, 0.05) is 11.3 Å². The van der Waals surface area contributed by atoms with E-state index in [2.05, 4.69) is 28.1 Å². The molecule has 8 heteroatoms. The van der Waals surface area contributed by atoms with Gasteiger partial charge in [0.05, 0.1) is 34.5 Å². The van der Waals surface area contributed by atoms with Crippen molar-refractivity contribution in [1.82, 2.24) is 19.7 Å². The van der Waals surface area contributed by atoms with Crippen molar-refractivity contribution in [2.45, 2.75) is 44.7 Å². The first-order valence-electron chi connectivity index (χ1n) is 13.0. The van der Waals surface area contributed by atoms with Gasteiger partial charge in [-0.25, -0.2) is 14.1 Å². The summed E-state index contributed by atoms with van der Waals surface area (Å²) >= 11 is 0. The summed E-state index contributed by atoms with van der Waals surface area (Å²) < 4.78 is 58.5. The summed E-state index contributed by atoms with van der Waals surface area (Å²) in [5, 5.41) is 4.59. The molecule has 3 aliphatic rings. The SMILES string of the molecule is C[C@]12Cc3cnn(-c4ccc(F)cc4)c3C=C1CC[C@H]1C2=CC[C@@H](C(F)(F)F)[C@@H]1c1nc2ccccc2[nH]1. The van der Waals surface area contributed by atoms with Crippen LogP contribution in [0.4, 0.5) is 17.6 Å². The number of imidazole rings is 1. The van der Waals surface area contributed by atoms with Crippen molar-refractivity contribution < 1.29 is 17.6 Å². The van der Waals surface area contributed by atoms with E-state index < -0.39 is 18.0 Å². The van der Waals surface area contributed by atoms with Crippen LogP contribution in [0.5, 0.6) is 0 Å². The summed E-state index contributed by atoms with van der Waals surface area (Å²) in [6.45, 7) is 2.17. The van der Waals surface area contributed by atoms with Gasteiger partial charge < -0.3 is 4.98 Å². The van der Waals surface area contributed by atoms with Gasteiger partial charge in [0.1, 0.15) is 11.6 Å². The second-order valence-electron chi connectivity index (χ2n) is 11.0. The fourth-order valence-electron chi connectivity index (χ4n) is 7.08. The standard InChI is InChI=1S/C30H26F4N4/c1-29-15-17-16-35-38(20-9-7-19(31)8-10-20)26(17)14-18(29)6-11-21-22(29)12-13-23(30(32,33)34)27(21)28-36-24-4-2-3-5-25(24)37-28/h2-5,7-10,12,14,16,21,23,27H,6,11,13,15H2,1H3,(H,36,37)/t21-,23+,27+,29-/m0/s1. The summed E-state index contributed by atoms with van der Waals surface area (Å²) in [6.07, 6.45) is 3.47. The van der Waals surface area contributed by atoms with Crippen molar-refractivity contribution >= 4 is 17.1 Å². The van der Waals surface area contributed by atoms with Crippen LogP contribution in [0.25, 0.3) is 22.8 Å². The zero-order chi connectivity index (χ0) is 26.2. The van der Waals surface area contributed by atoms with Crippen LogP contribution in [0.1, 0.15) is 49.2 Å². The number of allylic oxidation sites excluding steroid dienone is 3. The quantitative estimate of drug-likeness (QED) is 0.220. The minimum absolute atomic E-state index is 0.0540. The Bertz CT molecular complexity index is 1570. The lowest BCUT2D eigenvalue weighted by Crippen LogP contribution is -2.44. The Morgan fingerprint density at radius 2 is 1.87 bits per heavy atom. The number of H-pyrrole nitrogens is 1. The predicted octanol–water partition coefficient (Wildman–Crippen LogP) is 7.54. The van der Waals surface area contributed by atoms with Crippen molar-refractivity contribution in [3.8, 4) is 5.69 Å². The van der Waals surface area contributed by atoms with Gasteiger partial charge in [-0.15, -0.1) is 0 Å². The number of benzene rings is 2. The molecule has 7 rings (SSSR count). The molecule has 0 bridgehead atoms. The van der Waals surface area contributed by atoms with E-state index in [-0.39, 0.29) is 23.6 Å². The van der Waals surface area contributed by atoms with E-state index >= 15 is 0 Å². The largest absolute Gasteiger partial charge is 0.392 e. The Labute approximate surface area is 217 Å². The Kier molecular flexibility index (Phi) is 5.03. The maximum Gasteiger partial charge on any atom is 0.392 e. The van der Waals surface area contributed by atoms with E-state index in [9.17, 15) is 17.6 Å². The number of hydrogen-bond donors (Lipinski definition) is 1. The molecule has 194 valence electrons. The topological polar surface area (TPSA) is 46.5 Å². The molecule has 1 N–H and O–H groups in total. The Morgan fingerprint density at radius 3 is 2.63 bits per heavy atom. The first kappa shape index (κ1) is 23.4. The first-order valence-corrected chi connectivity index (χ1v) is 13.0. The maximum absolute atomic E-state index is 14.4. The molecule has 0 radical (unpaired) electrons. The molecule has 0 amide bonds. The molecule has 2 aromatic carbocycles. The number of aromatic nitrogens is 4. The van der Waals surface area contributed by atoms with Gasteiger partial charge in [-0.05, 0) is 79.6 Å². The van der Waals surface area contributed by atoms with Gasteiger partial charge in [0.15, 0.2) is 0 Å². The molecule has 2 aromatic heterocycles. The third-order valence-corrected chi connectivity index (χ3v) is 8.88. The highest BCUT2D eigenvalue weighted by atomic mass is 19.4. The average Bonchev–Trinajstić information content (AvgIpc) is 3.50. The summed E-state index contributed by atoms with van der Waals surface area (Å²) in [5.41, 5.74) is 6.15. The van der Waals surface area contributed by atoms with Crippen molar-refractivity contribution in [2.24, 2.45) is 17.3 Å². The molecular weight excluding hydrogens is 492 g/mol. The number of alkyl halides is 3. The molecule has 1 fully saturated rings. The number of fused-ring (bicyclic) bond motifs is 5. The molecule has 0 unspecified atom stereocenters. The van der Waals surface area contributed by atoms with Crippen LogP contribution in [0, 0.1) is 23.1 Å². The van der Waals surface area contributed by atoms with E-state index in [4.69, 9.17) is 0 Å². The number of hydrogen-bond acceptors (Lipinski definition) is 2. The van der Waals surface area contributed by atoms with Crippen LogP contribution >= 0.6 is 0 Å². The third kappa shape index (κ3) is 3.49. The molecular formula is C30H26F4N4. The number of para-hydroxylation sites is 2. The van der Waals surface area contributed by atoms with Crippen molar-refractivity contribution in [3.05, 3.63) is 94.8 Å². The van der Waals surface area contributed by atoms with Gasteiger partial charge in [-0.3, -0.25) is 0 Å². The Morgan fingerprint density at radius 1 is 1.08 bits per heavy atom. The van der Waals surface area contributed by atoms with Crippen LogP contribution in [-0.4, -0.2) is 25.9 Å². The predicted molar refractivity (Wildman–Crippen MR) is 137 cm³/mol. The summed E-state index contributed by atoms with van der Waals surface area (Å²) in [7, 11) is 0. The van der Waals surface area contributed by atoms with Crippen LogP contribution in [-0.2, 0) is 6.42 Å². The van der Waals surface area contributed by atoms with Crippen molar-refractivity contribution in [3.63, 3.8) is 0 Å². The normalized spacial score (nSPS) is 26.8. The number of nitrogens with one attached hydrogen (secondary N) is 1. The number of aromatic amines is 1. The van der Waals surface area contributed by atoms with Gasteiger partial charge >= 0.3 is 6.18 Å². The van der Waals surface area contributed by atoms with Crippen molar-refractivity contribution in [1.29, 1.82) is 0 Å². The molecule has 4 atom stereocenters. The van der Waals surface area contributed by atoms with Gasteiger partial charge in [0.2, 0.25) is 0 Å². The van der Waals surface area contributed by atoms with Gasteiger partial charge in [0.25, 0.3) is 0 Å². The lowest BCUT2D eigenvalue weighted by molar-refractivity contribution is -0.186. The summed E-state index contributed by atoms with van der Waals surface area (Å²) in [6, 6.07) is 13.6. The van der Waals surface area contributed by atoms with Crippen LogP contribution in [0.3, 0.4) is 0 Å². The first-order chi connectivity index (χ1) is 18.2. The summed E-state index contributed by atoms with van der Waals surface area (Å²) in [4.78, 5) is 7.89. The average molecular weight is 519 g/mol. The second kappa shape index (κ2) is 8.16. The molecule has 4 aromatic rings. The molecule has 38 heavy (non-hydrogen) atoms. The Balaban J connectivity index is 1.30. The molecule has 0 spiro atoms. The highest BCUT2D eigenvalue weighted by Gasteiger charge is 2.55. The molecule has 3 aliphatic carbocycles. The van der Waals surface area contributed by atoms with Gasteiger partial charge in [-0.1, -0.05) is 36.3 Å². The highest BCUT2D eigenvalue weighted by molar-refractivity contribution is 5.75. The number of halogens is 4. The fourth-order valence-corrected chi connectivity index (χ4v) is 7.08. The number of rotatable bonds is 2. The maximum atomic E-state index is 14.4. The zero-order valence-electron chi connectivity index (χ0n) is 20.8. The molecule has 4 nitrogen and oxygen atoms in total. The smallest absolute Gasteiger partial charge is 0.342 e. The number of nitrogens with zero attached hydrogens (tertiary/aromatic N) is 3. The van der Waals surface area contributed by atoms with Crippen LogP contribution in [0.2, 0.25) is 0 Å². The van der Waals surface area contributed by atoms with E-state index in [1.807, 2.05) is 41.2 Å². The van der Waals surface area contributed by atoms with E-state index in [1.165, 1.54) is 17.7 Å². The van der Waals surface area contributed by atoms with Crippen LogP contribution < -0.4 is 0 Å². The Hall–Kier alpha value is -3.68. The lowest BCUT2D eigenvalue weighted by Gasteiger charge is -2.50. The molecule has 1 saturated carbocycles. The fraction of sp³-hybridized carbons (Fsp3) is 0.333. The molecule has 0 saturated heterocycles. The highest BCUT2D eigenvalue weighted by Crippen LogP contribution is 2.60. The molecule has 0 aliphatic heterocycles. The van der Waals surface area contributed by atoms with Gasteiger partial charge in [-0.2, -0.15) is 18.3 Å². The lowest BCUT2D eigenvalue weighted by atomic mass is 9.54. The summed E-state index contributed by atoms with van der Waals surface area (Å²) in [5.74, 6) is -2.37. The minimum Gasteiger partial charge on any atom is -0.342 e.